The first-order valence-corrected chi connectivity index (χ1v) is 8.25. The van der Waals surface area contributed by atoms with Crippen LogP contribution in [0.1, 0.15) is 34.6 Å². The Hall–Kier alpha value is -3.02. The molecule has 1 heterocycles. The number of nitrogens with one attached hydrogen (secondary N) is 3. The van der Waals surface area contributed by atoms with Crippen LogP contribution in [0.15, 0.2) is 42.5 Å². The van der Waals surface area contributed by atoms with Crippen molar-refractivity contribution in [3.63, 3.8) is 0 Å². The number of likely N-dealkylation sites (N-methyl/N-ethyl adjacent to an activating group) is 1. The molecule has 3 rings (SSSR count). The van der Waals surface area contributed by atoms with Crippen molar-refractivity contribution in [3.05, 3.63) is 59.2 Å². The molecule has 6 heteroatoms. The zero-order valence-corrected chi connectivity index (χ0v) is 14.3. The predicted octanol–water partition coefficient (Wildman–Crippen LogP) is 2.36. The highest BCUT2D eigenvalue weighted by atomic mass is 16.5. The average molecular weight is 339 g/mol. The van der Waals surface area contributed by atoms with Gasteiger partial charge >= 0.3 is 0 Å². The van der Waals surface area contributed by atoms with E-state index in [2.05, 4.69) is 16.0 Å². The maximum Gasteiger partial charge on any atom is 0.257 e. The van der Waals surface area contributed by atoms with Crippen molar-refractivity contribution < 1.29 is 14.3 Å². The van der Waals surface area contributed by atoms with Crippen LogP contribution in [0, 0.1) is 6.92 Å². The maximum absolute atomic E-state index is 12.3. The number of hydrogen-bond acceptors (Lipinski definition) is 4. The summed E-state index contributed by atoms with van der Waals surface area (Å²) in [6.07, 6.45) is -0.307. The van der Waals surface area contributed by atoms with Gasteiger partial charge in [0.2, 0.25) is 0 Å². The largest absolute Gasteiger partial charge is 0.484 e. The third-order valence-electron chi connectivity index (χ3n) is 4.04. The molecular formula is C19H21N3O3. The Bertz CT molecular complexity index is 787. The number of ether oxygens (including phenoxy) is 1. The summed E-state index contributed by atoms with van der Waals surface area (Å²) in [4.78, 5) is 23.7. The molecule has 2 aromatic carbocycles. The molecule has 130 valence electrons. The predicted molar refractivity (Wildman–Crippen MR) is 95.6 cm³/mol. The van der Waals surface area contributed by atoms with E-state index in [-0.39, 0.29) is 24.6 Å². The summed E-state index contributed by atoms with van der Waals surface area (Å²) in [7, 11) is 0. The minimum Gasteiger partial charge on any atom is -0.484 e. The van der Waals surface area contributed by atoms with Crippen molar-refractivity contribution in [2.24, 2.45) is 0 Å². The summed E-state index contributed by atoms with van der Waals surface area (Å²) in [6, 6.07) is 13.0. The van der Waals surface area contributed by atoms with Gasteiger partial charge in [0, 0.05) is 6.54 Å². The van der Waals surface area contributed by atoms with E-state index in [4.69, 9.17) is 4.74 Å². The van der Waals surface area contributed by atoms with E-state index in [1.165, 1.54) is 0 Å². The number of benzene rings is 2. The Morgan fingerprint density at radius 1 is 1.16 bits per heavy atom. The lowest BCUT2D eigenvalue weighted by atomic mass is 10.0. The lowest BCUT2D eigenvalue weighted by molar-refractivity contribution is -0.122. The molecule has 6 nitrogen and oxygen atoms in total. The topological polar surface area (TPSA) is 79.5 Å². The SMILES string of the molecule is CCNC(=O)COc1ccc(C2NC(=O)c3cccc(C)c3N2)cc1. The lowest BCUT2D eigenvalue weighted by Crippen LogP contribution is -2.38. The average Bonchev–Trinajstić information content (AvgIpc) is 2.61. The first-order valence-electron chi connectivity index (χ1n) is 8.25. The van der Waals surface area contributed by atoms with Gasteiger partial charge in [-0.1, -0.05) is 24.3 Å². The van der Waals surface area contributed by atoms with Crippen LogP contribution in [0.4, 0.5) is 5.69 Å². The van der Waals surface area contributed by atoms with E-state index in [9.17, 15) is 9.59 Å². The third kappa shape index (κ3) is 3.74. The highest BCUT2D eigenvalue weighted by Crippen LogP contribution is 2.29. The first-order chi connectivity index (χ1) is 12.1. The second-order valence-corrected chi connectivity index (χ2v) is 5.86. The minimum absolute atomic E-state index is 0.0157. The summed E-state index contributed by atoms with van der Waals surface area (Å²) in [6.45, 7) is 4.39. The molecule has 25 heavy (non-hydrogen) atoms. The third-order valence-corrected chi connectivity index (χ3v) is 4.04. The second kappa shape index (κ2) is 7.25. The van der Waals surface area contributed by atoms with Gasteiger partial charge in [0.1, 0.15) is 11.9 Å². The smallest absolute Gasteiger partial charge is 0.257 e. The van der Waals surface area contributed by atoms with Gasteiger partial charge in [0.05, 0.1) is 11.3 Å². The summed E-state index contributed by atoms with van der Waals surface area (Å²) in [5.41, 5.74) is 3.44. The minimum atomic E-state index is -0.307. The number of aryl methyl sites for hydroxylation is 1. The number of fused-ring (bicyclic) bond motifs is 1. The van der Waals surface area contributed by atoms with Crippen molar-refractivity contribution in [2.75, 3.05) is 18.5 Å². The molecule has 2 aromatic rings. The summed E-state index contributed by atoms with van der Waals surface area (Å²) >= 11 is 0. The fourth-order valence-corrected chi connectivity index (χ4v) is 2.76. The van der Waals surface area contributed by atoms with E-state index < -0.39 is 0 Å². The highest BCUT2D eigenvalue weighted by molar-refractivity contribution is 6.02. The second-order valence-electron chi connectivity index (χ2n) is 5.86. The van der Waals surface area contributed by atoms with Crippen molar-refractivity contribution in [2.45, 2.75) is 20.0 Å². The van der Waals surface area contributed by atoms with Crippen LogP contribution < -0.4 is 20.7 Å². The zero-order chi connectivity index (χ0) is 17.8. The van der Waals surface area contributed by atoms with E-state index in [0.29, 0.717) is 17.9 Å². The van der Waals surface area contributed by atoms with Gasteiger partial charge < -0.3 is 20.7 Å². The number of carbonyl (C=O) groups is 2. The van der Waals surface area contributed by atoms with Gasteiger partial charge in [-0.2, -0.15) is 0 Å². The van der Waals surface area contributed by atoms with Crippen molar-refractivity contribution >= 4 is 17.5 Å². The molecule has 0 radical (unpaired) electrons. The molecule has 0 spiro atoms. The van der Waals surface area contributed by atoms with Gasteiger partial charge in [-0.25, -0.2) is 0 Å². The van der Waals surface area contributed by atoms with Crippen LogP contribution in [-0.4, -0.2) is 25.0 Å². The molecule has 1 unspecified atom stereocenters. The van der Waals surface area contributed by atoms with Crippen LogP contribution in [0.2, 0.25) is 0 Å². The molecular weight excluding hydrogens is 318 g/mol. The van der Waals surface area contributed by atoms with Crippen LogP contribution in [0.3, 0.4) is 0 Å². The number of para-hydroxylation sites is 1. The molecule has 0 aliphatic carbocycles. The van der Waals surface area contributed by atoms with E-state index in [1.807, 2.05) is 38.1 Å². The zero-order valence-electron chi connectivity index (χ0n) is 14.3. The van der Waals surface area contributed by atoms with Crippen LogP contribution in [0.25, 0.3) is 0 Å². The quantitative estimate of drug-likeness (QED) is 0.781. The molecule has 0 fully saturated rings. The molecule has 1 aliphatic rings. The monoisotopic (exact) mass is 339 g/mol. The number of amides is 2. The van der Waals surface area contributed by atoms with Gasteiger partial charge in [-0.3, -0.25) is 9.59 Å². The normalized spacial score (nSPS) is 15.6. The number of rotatable bonds is 5. The molecule has 1 atom stereocenters. The summed E-state index contributed by atoms with van der Waals surface area (Å²) in [5, 5.41) is 8.99. The van der Waals surface area contributed by atoms with Crippen molar-refractivity contribution in [3.8, 4) is 5.75 Å². The number of carbonyl (C=O) groups excluding carboxylic acids is 2. The van der Waals surface area contributed by atoms with Gasteiger partial charge in [-0.05, 0) is 43.2 Å². The number of hydrogen-bond donors (Lipinski definition) is 3. The van der Waals surface area contributed by atoms with Crippen molar-refractivity contribution in [1.29, 1.82) is 0 Å². The fraction of sp³-hybridized carbons (Fsp3) is 0.263. The Labute approximate surface area is 146 Å². The lowest BCUT2D eigenvalue weighted by Gasteiger charge is -2.29. The van der Waals surface area contributed by atoms with E-state index in [1.54, 1.807) is 18.2 Å². The number of anilines is 1. The standard InChI is InChI=1S/C19H21N3O3/c1-3-20-16(23)11-25-14-9-7-13(8-10-14)18-21-17-12(2)5-4-6-15(17)19(24)22-18/h4-10,18,21H,3,11H2,1-2H3,(H,20,23)(H,22,24). The van der Waals surface area contributed by atoms with Crippen LogP contribution >= 0.6 is 0 Å². The molecule has 0 saturated carbocycles. The molecule has 0 bridgehead atoms. The Morgan fingerprint density at radius 3 is 2.64 bits per heavy atom. The molecule has 0 aromatic heterocycles. The fourth-order valence-electron chi connectivity index (χ4n) is 2.76. The van der Waals surface area contributed by atoms with Crippen LogP contribution in [-0.2, 0) is 4.79 Å². The Morgan fingerprint density at radius 2 is 1.92 bits per heavy atom. The Balaban J connectivity index is 1.70. The molecule has 2 amide bonds. The van der Waals surface area contributed by atoms with Crippen molar-refractivity contribution in [1.82, 2.24) is 10.6 Å². The van der Waals surface area contributed by atoms with Crippen LogP contribution in [0.5, 0.6) is 5.75 Å². The summed E-state index contributed by atoms with van der Waals surface area (Å²) < 4.78 is 5.44. The maximum atomic E-state index is 12.3. The van der Waals surface area contributed by atoms with E-state index in [0.717, 1.165) is 16.8 Å². The molecule has 0 saturated heterocycles. The van der Waals surface area contributed by atoms with Gasteiger partial charge in [-0.15, -0.1) is 0 Å². The first kappa shape index (κ1) is 16.8. The molecule has 3 N–H and O–H groups in total. The van der Waals surface area contributed by atoms with Gasteiger partial charge in [0.15, 0.2) is 6.61 Å². The van der Waals surface area contributed by atoms with Gasteiger partial charge in [0.25, 0.3) is 11.8 Å². The van der Waals surface area contributed by atoms with E-state index >= 15 is 0 Å². The highest BCUT2D eigenvalue weighted by Gasteiger charge is 2.25. The Kier molecular flexibility index (Phi) is 4.88. The molecule has 1 aliphatic heterocycles. The summed E-state index contributed by atoms with van der Waals surface area (Å²) in [5.74, 6) is 0.354.